The van der Waals surface area contributed by atoms with Crippen molar-refractivity contribution in [3.05, 3.63) is 24.0 Å². The third-order valence-corrected chi connectivity index (χ3v) is 3.67. The summed E-state index contributed by atoms with van der Waals surface area (Å²) in [6.07, 6.45) is 2.67. The van der Waals surface area contributed by atoms with E-state index in [-0.39, 0.29) is 17.3 Å². The number of hydrogen-bond donors (Lipinski definition) is 2. The second-order valence-corrected chi connectivity index (χ2v) is 4.52. The van der Waals surface area contributed by atoms with Gasteiger partial charge in [0.2, 0.25) is 0 Å². The van der Waals surface area contributed by atoms with Gasteiger partial charge >= 0.3 is 5.97 Å². The van der Waals surface area contributed by atoms with Gasteiger partial charge in [-0.25, -0.2) is 0 Å². The zero-order chi connectivity index (χ0) is 10.5. The Labute approximate surface area is 87.3 Å². The third kappa shape index (κ3) is 1.14. The quantitative estimate of drug-likeness (QED) is 0.777. The van der Waals surface area contributed by atoms with E-state index in [1.165, 1.54) is 0 Å². The first-order valence-corrected chi connectivity index (χ1v) is 5.18. The van der Waals surface area contributed by atoms with E-state index in [0.29, 0.717) is 13.2 Å². The van der Waals surface area contributed by atoms with Crippen LogP contribution in [0.25, 0.3) is 0 Å². The molecule has 1 aliphatic carbocycles. The zero-order valence-corrected chi connectivity index (χ0v) is 8.27. The van der Waals surface area contributed by atoms with Crippen LogP contribution in [0.3, 0.4) is 0 Å². The molecule has 2 N–H and O–H groups in total. The van der Waals surface area contributed by atoms with E-state index in [4.69, 9.17) is 9.84 Å². The van der Waals surface area contributed by atoms with Crippen LogP contribution in [0.15, 0.2) is 18.3 Å². The molecule has 2 aliphatic rings. The minimum Gasteiger partial charge on any atom is -0.481 e. The van der Waals surface area contributed by atoms with Gasteiger partial charge in [0.15, 0.2) is 0 Å². The van der Waals surface area contributed by atoms with Crippen LogP contribution in [0.2, 0.25) is 0 Å². The number of nitrogens with one attached hydrogen (secondary N) is 1. The number of aromatic amines is 1. The third-order valence-electron chi connectivity index (χ3n) is 3.67. The Hall–Kier alpha value is -1.29. The molecule has 1 aliphatic heterocycles. The van der Waals surface area contributed by atoms with Crippen molar-refractivity contribution < 1.29 is 14.6 Å². The standard InChI is InChI=1S/C11H13NO3/c13-10(14)7-4-8(7)11(5-15-6-11)9-2-1-3-12-9/h1-3,7-8,12H,4-6H2,(H,13,14). The maximum atomic E-state index is 10.9. The van der Waals surface area contributed by atoms with Gasteiger partial charge < -0.3 is 14.8 Å². The van der Waals surface area contributed by atoms with E-state index in [1.807, 2.05) is 18.3 Å². The second kappa shape index (κ2) is 2.85. The van der Waals surface area contributed by atoms with Gasteiger partial charge in [-0.15, -0.1) is 0 Å². The van der Waals surface area contributed by atoms with Gasteiger partial charge in [0.1, 0.15) is 0 Å². The number of ether oxygens (including phenoxy) is 1. The number of hydrogen-bond acceptors (Lipinski definition) is 2. The molecule has 0 aromatic carbocycles. The number of H-pyrrole nitrogens is 1. The molecule has 1 saturated carbocycles. The van der Waals surface area contributed by atoms with Gasteiger partial charge in [0, 0.05) is 11.9 Å². The van der Waals surface area contributed by atoms with Crippen LogP contribution in [-0.4, -0.2) is 29.3 Å². The summed E-state index contributed by atoms with van der Waals surface area (Å²) >= 11 is 0. The predicted molar refractivity (Wildman–Crippen MR) is 52.5 cm³/mol. The molecular formula is C11H13NO3. The molecule has 80 valence electrons. The Morgan fingerprint density at radius 3 is 2.80 bits per heavy atom. The SMILES string of the molecule is O=C(O)C1CC1C1(c2ccc[nH]2)COC1. The smallest absolute Gasteiger partial charge is 0.306 e. The summed E-state index contributed by atoms with van der Waals surface area (Å²) in [5, 5.41) is 8.95. The number of carboxylic acids is 1. The van der Waals surface area contributed by atoms with Crippen molar-refractivity contribution in [2.24, 2.45) is 11.8 Å². The lowest BCUT2D eigenvalue weighted by Crippen LogP contribution is -2.49. The summed E-state index contributed by atoms with van der Waals surface area (Å²) in [5.74, 6) is -0.586. The Morgan fingerprint density at radius 2 is 2.40 bits per heavy atom. The summed E-state index contributed by atoms with van der Waals surface area (Å²) in [6, 6.07) is 3.98. The summed E-state index contributed by atoms with van der Waals surface area (Å²) in [6.45, 7) is 1.31. The molecule has 1 saturated heterocycles. The molecule has 15 heavy (non-hydrogen) atoms. The Morgan fingerprint density at radius 1 is 1.60 bits per heavy atom. The van der Waals surface area contributed by atoms with Crippen molar-refractivity contribution in [2.75, 3.05) is 13.2 Å². The first kappa shape index (κ1) is 8.97. The van der Waals surface area contributed by atoms with E-state index in [9.17, 15) is 4.79 Å². The maximum Gasteiger partial charge on any atom is 0.306 e. The number of carboxylic acid groups (broad SMARTS) is 1. The Kier molecular flexibility index (Phi) is 1.71. The lowest BCUT2D eigenvalue weighted by atomic mass is 9.76. The van der Waals surface area contributed by atoms with Gasteiger partial charge in [-0.1, -0.05) is 0 Å². The van der Waals surface area contributed by atoms with Crippen LogP contribution in [0.1, 0.15) is 12.1 Å². The van der Waals surface area contributed by atoms with Crippen LogP contribution in [0.5, 0.6) is 0 Å². The highest BCUT2D eigenvalue weighted by atomic mass is 16.5. The van der Waals surface area contributed by atoms with E-state index >= 15 is 0 Å². The highest BCUT2D eigenvalue weighted by Gasteiger charge is 2.60. The predicted octanol–water partition coefficient (Wildman–Crippen LogP) is 1.00. The number of aliphatic carboxylic acids is 1. The lowest BCUT2D eigenvalue weighted by molar-refractivity contribution is -0.140. The topological polar surface area (TPSA) is 62.3 Å². The maximum absolute atomic E-state index is 10.9. The molecule has 2 atom stereocenters. The fourth-order valence-electron chi connectivity index (χ4n) is 2.61. The normalized spacial score (nSPS) is 32.0. The van der Waals surface area contributed by atoms with Gasteiger partial charge in [-0.2, -0.15) is 0 Å². The van der Waals surface area contributed by atoms with Gasteiger partial charge in [0.25, 0.3) is 0 Å². The first-order valence-electron chi connectivity index (χ1n) is 5.18. The molecule has 4 nitrogen and oxygen atoms in total. The highest BCUT2D eigenvalue weighted by molar-refractivity contribution is 5.74. The van der Waals surface area contributed by atoms with Crippen molar-refractivity contribution >= 4 is 5.97 Å². The lowest BCUT2D eigenvalue weighted by Gasteiger charge is -2.41. The van der Waals surface area contributed by atoms with E-state index in [2.05, 4.69) is 4.98 Å². The number of aromatic nitrogens is 1. The largest absolute Gasteiger partial charge is 0.481 e. The number of rotatable bonds is 3. The molecule has 2 heterocycles. The molecule has 1 aromatic rings. The summed E-state index contributed by atoms with van der Waals surface area (Å²) < 4.78 is 5.28. The van der Waals surface area contributed by atoms with Crippen molar-refractivity contribution in [1.29, 1.82) is 0 Å². The molecule has 0 spiro atoms. The fraction of sp³-hybridized carbons (Fsp3) is 0.545. The minimum absolute atomic E-state index is 0.0491. The summed E-state index contributed by atoms with van der Waals surface area (Å²) in [5.41, 5.74) is 1.08. The van der Waals surface area contributed by atoms with Crippen molar-refractivity contribution in [1.82, 2.24) is 4.98 Å². The molecular weight excluding hydrogens is 194 g/mol. The van der Waals surface area contributed by atoms with Crippen LogP contribution < -0.4 is 0 Å². The van der Waals surface area contributed by atoms with Gasteiger partial charge in [-0.3, -0.25) is 4.79 Å². The van der Waals surface area contributed by atoms with Crippen LogP contribution >= 0.6 is 0 Å². The molecule has 0 bridgehead atoms. The molecule has 0 amide bonds. The van der Waals surface area contributed by atoms with E-state index in [1.54, 1.807) is 0 Å². The summed E-state index contributed by atoms with van der Waals surface area (Å²) in [7, 11) is 0. The average molecular weight is 207 g/mol. The second-order valence-electron chi connectivity index (χ2n) is 4.52. The number of carbonyl (C=O) groups is 1. The van der Waals surface area contributed by atoms with Crippen LogP contribution in [0, 0.1) is 11.8 Å². The fourth-order valence-corrected chi connectivity index (χ4v) is 2.61. The first-order chi connectivity index (χ1) is 7.24. The molecule has 3 rings (SSSR count). The summed E-state index contributed by atoms with van der Waals surface area (Å²) in [4.78, 5) is 14.1. The van der Waals surface area contributed by atoms with Gasteiger partial charge in [-0.05, 0) is 24.5 Å². The zero-order valence-electron chi connectivity index (χ0n) is 8.27. The molecule has 1 aromatic heterocycles. The Balaban J connectivity index is 1.86. The van der Waals surface area contributed by atoms with Crippen molar-refractivity contribution in [3.8, 4) is 0 Å². The molecule has 0 radical (unpaired) electrons. The van der Waals surface area contributed by atoms with Crippen LogP contribution in [-0.2, 0) is 14.9 Å². The van der Waals surface area contributed by atoms with E-state index in [0.717, 1.165) is 12.1 Å². The van der Waals surface area contributed by atoms with Crippen molar-refractivity contribution in [3.63, 3.8) is 0 Å². The molecule has 2 fully saturated rings. The van der Waals surface area contributed by atoms with Gasteiger partial charge in [0.05, 0.1) is 24.5 Å². The van der Waals surface area contributed by atoms with Crippen molar-refractivity contribution in [2.45, 2.75) is 11.8 Å². The molecule has 4 heteroatoms. The average Bonchev–Trinajstić information content (AvgIpc) is 2.72. The monoisotopic (exact) mass is 207 g/mol. The minimum atomic E-state index is -0.669. The van der Waals surface area contributed by atoms with E-state index < -0.39 is 5.97 Å². The molecule has 2 unspecified atom stereocenters. The van der Waals surface area contributed by atoms with Crippen LogP contribution in [0.4, 0.5) is 0 Å². The highest BCUT2D eigenvalue weighted by Crippen LogP contribution is 2.55. The Bertz CT molecular complexity index is 381.